The molecule has 2 atom stereocenters. The molecule has 4 N–H and O–H groups in total. The largest absolute Gasteiger partial charge is 0.504 e. The van der Waals surface area contributed by atoms with Gasteiger partial charge in [0, 0.05) is 6.42 Å². The van der Waals surface area contributed by atoms with Crippen molar-refractivity contribution in [3.05, 3.63) is 59.7 Å². The number of phenolic OH excluding ortho intramolecular Hbond substituents is 2. The molecule has 2 aromatic carbocycles. The minimum absolute atomic E-state index is 0.125. The molecule has 0 saturated carbocycles. The van der Waals surface area contributed by atoms with Crippen molar-refractivity contribution in [3.8, 4) is 11.5 Å². The summed E-state index contributed by atoms with van der Waals surface area (Å²) in [5.74, 6) is -2.49. The maximum Gasteiger partial charge on any atom is 0.417 e. The Labute approximate surface area is 180 Å². The van der Waals surface area contributed by atoms with Gasteiger partial charge in [-0.25, -0.2) is 14.5 Å². The number of carbonyl (C=O) groups is 3. The van der Waals surface area contributed by atoms with E-state index in [0.717, 1.165) is 7.11 Å². The highest BCUT2D eigenvalue weighted by Crippen LogP contribution is 2.30. The average Bonchev–Trinajstić information content (AvgIpc) is 2.74. The molecule has 0 unspecified atom stereocenters. The van der Waals surface area contributed by atoms with Gasteiger partial charge in [-0.1, -0.05) is 36.4 Å². The van der Waals surface area contributed by atoms with Gasteiger partial charge in [-0.05, 0) is 37.1 Å². The summed E-state index contributed by atoms with van der Waals surface area (Å²) in [7, 11) is 1.12. The molecular weight excluding hydrogens is 404 g/mol. The van der Waals surface area contributed by atoms with Crippen LogP contribution in [-0.2, 0) is 32.1 Å². The van der Waals surface area contributed by atoms with Gasteiger partial charge in [0.2, 0.25) is 5.91 Å². The highest BCUT2D eigenvalue weighted by molar-refractivity contribution is 6.00. The lowest BCUT2D eigenvalue weighted by molar-refractivity contribution is -0.159. The molecule has 2 aromatic rings. The first kappa shape index (κ1) is 23.7. The van der Waals surface area contributed by atoms with Gasteiger partial charge in [0.25, 0.3) is 0 Å². The second-order valence-electron chi connectivity index (χ2n) is 7.27. The van der Waals surface area contributed by atoms with Crippen molar-refractivity contribution in [2.45, 2.75) is 38.5 Å². The molecule has 0 bridgehead atoms. The maximum absolute atomic E-state index is 13.0. The molecule has 0 aromatic heterocycles. The molecule has 0 fully saturated rings. The van der Waals surface area contributed by atoms with E-state index in [0.29, 0.717) is 16.0 Å². The number of esters is 1. The summed E-state index contributed by atoms with van der Waals surface area (Å²) in [6.07, 6.45) is -1.28. The molecule has 0 spiro atoms. The zero-order valence-corrected chi connectivity index (χ0v) is 17.6. The zero-order chi connectivity index (χ0) is 23.2. The monoisotopic (exact) mass is 430 g/mol. The van der Waals surface area contributed by atoms with Crippen LogP contribution in [0.2, 0.25) is 0 Å². The molecule has 0 aliphatic carbocycles. The first-order valence-corrected chi connectivity index (χ1v) is 9.49. The van der Waals surface area contributed by atoms with Gasteiger partial charge in [0.1, 0.15) is 6.61 Å². The standard InChI is InChI=1S/C22H26N2O7/c1-14(23)19(27)24(21(29)31-13-15-7-5-4-6-8-15)22(2,20(28)30-3)12-16-9-10-17(25)18(26)11-16/h4-11,14,25-26H,12-13,23H2,1-3H3/t14-,22+/m1/s1. The van der Waals surface area contributed by atoms with Gasteiger partial charge in [-0.3, -0.25) is 4.79 Å². The lowest BCUT2D eigenvalue weighted by Gasteiger charge is -2.37. The summed E-state index contributed by atoms with van der Waals surface area (Å²) < 4.78 is 10.2. The SMILES string of the molecule is COC(=O)[C@](C)(Cc1ccc(O)c(O)c1)N(C(=O)OCc1ccccc1)C(=O)[C@@H](C)N. The van der Waals surface area contributed by atoms with E-state index in [1.165, 1.54) is 32.0 Å². The topological polar surface area (TPSA) is 139 Å². The van der Waals surface area contributed by atoms with Gasteiger partial charge in [0.15, 0.2) is 17.0 Å². The number of ether oxygens (including phenoxy) is 2. The Morgan fingerprint density at radius 3 is 2.26 bits per heavy atom. The van der Waals surface area contributed by atoms with E-state index in [-0.39, 0.29) is 18.8 Å². The molecule has 0 aliphatic rings. The second-order valence-corrected chi connectivity index (χ2v) is 7.27. The number of nitrogens with two attached hydrogens (primary N) is 1. The molecule has 166 valence electrons. The van der Waals surface area contributed by atoms with Crippen molar-refractivity contribution in [2.24, 2.45) is 5.73 Å². The average molecular weight is 430 g/mol. The molecule has 9 nitrogen and oxygen atoms in total. The maximum atomic E-state index is 13.0. The highest BCUT2D eigenvalue weighted by Gasteiger charge is 2.48. The number of phenols is 2. The number of nitrogens with zero attached hydrogens (tertiary/aromatic N) is 1. The Kier molecular flexibility index (Phi) is 7.60. The lowest BCUT2D eigenvalue weighted by atomic mass is 9.90. The fourth-order valence-electron chi connectivity index (χ4n) is 3.06. The van der Waals surface area contributed by atoms with Crippen LogP contribution in [0.25, 0.3) is 0 Å². The molecule has 0 radical (unpaired) electrons. The number of hydrogen-bond donors (Lipinski definition) is 3. The van der Waals surface area contributed by atoms with Gasteiger partial charge in [-0.15, -0.1) is 0 Å². The number of carbonyl (C=O) groups excluding carboxylic acids is 3. The Balaban J connectivity index is 2.43. The Hall–Kier alpha value is -3.59. The van der Waals surface area contributed by atoms with Crippen LogP contribution in [0, 0.1) is 0 Å². The minimum Gasteiger partial charge on any atom is -0.504 e. The Morgan fingerprint density at radius 1 is 1.06 bits per heavy atom. The van der Waals surface area contributed by atoms with Crippen LogP contribution >= 0.6 is 0 Å². The quantitative estimate of drug-likeness (QED) is 0.448. The van der Waals surface area contributed by atoms with Crippen molar-refractivity contribution in [3.63, 3.8) is 0 Å². The second kappa shape index (κ2) is 9.94. The van der Waals surface area contributed by atoms with E-state index in [2.05, 4.69) is 0 Å². The van der Waals surface area contributed by atoms with Crippen LogP contribution in [0.1, 0.15) is 25.0 Å². The summed E-state index contributed by atoms with van der Waals surface area (Å²) >= 11 is 0. The number of rotatable bonds is 7. The van der Waals surface area contributed by atoms with Crippen molar-refractivity contribution < 1.29 is 34.1 Å². The van der Waals surface area contributed by atoms with Crippen molar-refractivity contribution in [2.75, 3.05) is 7.11 Å². The van der Waals surface area contributed by atoms with E-state index in [9.17, 15) is 24.6 Å². The van der Waals surface area contributed by atoms with Crippen LogP contribution < -0.4 is 5.73 Å². The third-order valence-corrected chi connectivity index (χ3v) is 4.70. The minimum atomic E-state index is -1.84. The van der Waals surface area contributed by atoms with Crippen LogP contribution in [0.5, 0.6) is 11.5 Å². The van der Waals surface area contributed by atoms with Gasteiger partial charge >= 0.3 is 12.1 Å². The summed E-state index contributed by atoms with van der Waals surface area (Å²) in [6, 6.07) is 11.6. The molecule has 2 amide bonds. The van der Waals surface area contributed by atoms with E-state index < -0.39 is 35.3 Å². The summed E-state index contributed by atoms with van der Waals surface area (Å²) in [6.45, 7) is 2.59. The highest BCUT2D eigenvalue weighted by atomic mass is 16.6. The fraction of sp³-hybridized carbons (Fsp3) is 0.318. The molecular formula is C22H26N2O7. The Morgan fingerprint density at radius 2 is 1.71 bits per heavy atom. The molecule has 0 aliphatic heterocycles. The summed E-state index contributed by atoms with van der Waals surface area (Å²) in [5, 5.41) is 19.3. The number of amides is 2. The molecule has 2 rings (SSSR count). The number of aromatic hydroxyl groups is 2. The first-order valence-electron chi connectivity index (χ1n) is 9.49. The lowest BCUT2D eigenvalue weighted by Crippen LogP contribution is -2.62. The molecule has 0 saturated heterocycles. The van der Waals surface area contributed by atoms with Gasteiger partial charge in [-0.2, -0.15) is 0 Å². The molecule has 9 heteroatoms. The third-order valence-electron chi connectivity index (χ3n) is 4.70. The summed E-state index contributed by atoms with van der Waals surface area (Å²) in [5.41, 5.74) is 4.95. The van der Waals surface area contributed by atoms with Crippen molar-refractivity contribution in [1.82, 2.24) is 4.90 Å². The molecule has 0 heterocycles. The van der Waals surface area contributed by atoms with Gasteiger partial charge < -0.3 is 25.4 Å². The van der Waals surface area contributed by atoms with Gasteiger partial charge in [0.05, 0.1) is 13.2 Å². The number of imide groups is 1. The van der Waals surface area contributed by atoms with E-state index in [4.69, 9.17) is 15.2 Å². The van der Waals surface area contributed by atoms with Crippen LogP contribution in [0.4, 0.5) is 4.79 Å². The smallest absolute Gasteiger partial charge is 0.417 e. The molecule has 31 heavy (non-hydrogen) atoms. The fourth-order valence-corrected chi connectivity index (χ4v) is 3.06. The van der Waals surface area contributed by atoms with E-state index in [1.807, 2.05) is 0 Å². The zero-order valence-electron chi connectivity index (χ0n) is 17.6. The normalized spacial score (nSPS) is 13.5. The van der Waals surface area contributed by atoms with Crippen molar-refractivity contribution >= 4 is 18.0 Å². The Bertz CT molecular complexity index is 946. The number of benzene rings is 2. The van der Waals surface area contributed by atoms with Crippen molar-refractivity contribution in [1.29, 1.82) is 0 Å². The predicted octanol–water partition coefficient (Wildman–Crippen LogP) is 2.08. The van der Waals surface area contributed by atoms with E-state index >= 15 is 0 Å². The first-order chi connectivity index (χ1) is 14.6. The predicted molar refractivity (Wildman–Crippen MR) is 111 cm³/mol. The third kappa shape index (κ3) is 5.52. The van der Waals surface area contributed by atoms with Crippen LogP contribution in [-0.4, -0.2) is 51.8 Å². The summed E-state index contributed by atoms with van der Waals surface area (Å²) in [4.78, 5) is 39.3. The van der Waals surface area contributed by atoms with Crippen LogP contribution in [0.3, 0.4) is 0 Å². The number of hydrogen-bond acceptors (Lipinski definition) is 8. The van der Waals surface area contributed by atoms with E-state index in [1.54, 1.807) is 30.3 Å². The van der Waals surface area contributed by atoms with Crippen LogP contribution in [0.15, 0.2) is 48.5 Å². The number of methoxy groups -OCH3 is 1.